The number of nitrogens with zero attached hydrogens (tertiary/aromatic N) is 1. The van der Waals surface area contributed by atoms with Gasteiger partial charge in [0.15, 0.2) is 11.6 Å². The maximum Gasteiger partial charge on any atom is 0.223 e. The fourth-order valence-electron chi connectivity index (χ4n) is 3.84. The molecule has 1 unspecified atom stereocenters. The molecule has 1 saturated heterocycles. The van der Waals surface area contributed by atoms with Gasteiger partial charge in [0.2, 0.25) is 5.91 Å². The highest BCUT2D eigenvalue weighted by atomic mass is 19.1. The van der Waals surface area contributed by atoms with Gasteiger partial charge in [-0.1, -0.05) is 31.0 Å². The van der Waals surface area contributed by atoms with E-state index in [0.717, 1.165) is 49.1 Å². The molecule has 0 saturated carbocycles. The van der Waals surface area contributed by atoms with Gasteiger partial charge >= 0.3 is 0 Å². The fourth-order valence-corrected chi connectivity index (χ4v) is 3.84. The highest BCUT2D eigenvalue weighted by Crippen LogP contribution is 2.32. The molecule has 0 bridgehead atoms. The number of amides is 1. The van der Waals surface area contributed by atoms with E-state index in [1.165, 1.54) is 13.2 Å². The molecule has 1 atom stereocenters. The van der Waals surface area contributed by atoms with Crippen LogP contribution in [-0.2, 0) is 11.2 Å². The maximum absolute atomic E-state index is 13.9. The molecule has 0 spiro atoms. The summed E-state index contributed by atoms with van der Waals surface area (Å²) in [5.41, 5.74) is 1.95. The molecule has 2 aromatic rings. The Kier molecular flexibility index (Phi) is 6.90. The number of ether oxygens (including phenoxy) is 2. The first-order valence-electron chi connectivity index (χ1n) is 9.88. The number of benzene rings is 2. The summed E-state index contributed by atoms with van der Waals surface area (Å²) in [4.78, 5) is 15.0. The molecule has 3 rings (SSSR count). The number of methoxy groups -OCH3 is 2. The maximum atomic E-state index is 13.9. The van der Waals surface area contributed by atoms with Crippen molar-refractivity contribution in [3.8, 4) is 11.5 Å². The molecular formula is C23H28FNO3. The summed E-state index contributed by atoms with van der Waals surface area (Å²) in [6.07, 6.45) is 5.14. The average Bonchev–Trinajstić information content (AvgIpc) is 2.98. The van der Waals surface area contributed by atoms with E-state index in [1.54, 1.807) is 13.2 Å². The van der Waals surface area contributed by atoms with Crippen LogP contribution in [0.3, 0.4) is 0 Å². The Morgan fingerprint density at radius 2 is 1.86 bits per heavy atom. The molecule has 2 aromatic carbocycles. The minimum Gasteiger partial charge on any atom is -0.497 e. The number of hydrogen-bond acceptors (Lipinski definition) is 3. The summed E-state index contributed by atoms with van der Waals surface area (Å²) in [6, 6.07) is 13.0. The van der Waals surface area contributed by atoms with E-state index in [4.69, 9.17) is 9.47 Å². The van der Waals surface area contributed by atoms with E-state index in [1.807, 2.05) is 35.2 Å². The Hall–Kier alpha value is -2.56. The summed E-state index contributed by atoms with van der Waals surface area (Å²) >= 11 is 0. The lowest BCUT2D eigenvalue weighted by Crippen LogP contribution is -2.35. The van der Waals surface area contributed by atoms with E-state index >= 15 is 0 Å². The lowest BCUT2D eigenvalue weighted by molar-refractivity contribution is -0.133. The average molecular weight is 385 g/mol. The first kappa shape index (κ1) is 20.2. The number of carbonyl (C=O) groups is 1. The predicted octanol–water partition coefficient (Wildman–Crippen LogP) is 4.92. The van der Waals surface area contributed by atoms with Gasteiger partial charge in [0.25, 0.3) is 0 Å². The zero-order valence-electron chi connectivity index (χ0n) is 16.6. The molecule has 0 radical (unpaired) electrons. The second-order valence-corrected chi connectivity index (χ2v) is 7.19. The van der Waals surface area contributed by atoms with Crippen LogP contribution in [-0.4, -0.2) is 31.6 Å². The van der Waals surface area contributed by atoms with Gasteiger partial charge in [-0.25, -0.2) is 4.39 Å². The van der Waals surface area contributed by atoms with Crippen LogP contribution in [0, 0.1) is 5.82 Å². The number of aryl methyl sites for hydroxylation is 1. The van der Waals surface area contributed by atoms with Gasteiger partial charge in [0, 0.05) is 13.0 Å². The van der Waals surface area contributed by atoms with Crippen molar-refractivity contribution in [2.45, 2.75) is 44.6 Å². The van der Waals surface area contributed by atoms with Crippen LogP contribution in [0.15, 0.2) is 42.5 Å². The number of likely N-dealkylation sites (tertiary alicyclic amines) is 1. The second kappa shape index (κ2) is 9.58. The van der Waals surface area contributed by atoms with Gasteiger partial charge in [-0.15, -0.1) is 0 Å². The van der Waals surface area contributed by atoms with E-state index in [-0.39, 0.29) is 17.7 Å². The van der Waals surface area contributed by atoms with Crippen molar-refractivity contribution in [3.63, 3.8) is 0 Å². The highest BCUT2D eigenvalue weighted by molar-refractivity contribution is 5.77. The third-order valence-electron chi connectivity index (χ3n) is 5.42. The largest absolute Gasteiger partial charge is 0.497 e. The zero-order valence-corrected chi connectivity index (χ0v) is 16.6. The van der Waals surface area contributed by atoms with Crippen LogP contribution in [0.1, 0.15) is 49.3 Å². The smallest absolute Gasteiger partial charge is 0.223 e. The zero-order chi connectivity index (χ0) is 19.9. The van der Waals surface area contributed by atoms with Crippen molar-refractivity contribution in [3.05, 3.63) is 59.4 Å². The molecule has 1 heterocycles. The van der Waals surface area contributed by atoms with Gasteiger partial charge in [0.05, 0.1) is 20.3 Å². The molecular weight excluding hydrogens is 357 g/mol. The molecule has 150 valence electrons. The topological polar surface area (TPSA) is 38.8 Å². The molecule has 28 heavy (non-hydrogen) atoms. The first-order chi connectivity index (χ1) is 13.6. The fraction of sp³-hybridized carbons (Fsp3) is 0.435. The van der Waals surface area contributed by atoms with E-state index in [0.29, 0.717) is 12.8 Å². The van der Waals surface area contributed by atoms with Crippen molar-refractivity contribution in [1.82, 2.24) is 4.90 Å². The van der Waals surface area contributed by atoms with Gasteiger partial charge in [-0.3, -0.25) is 4.79 Å². The van der Waals surface area contributed by atoms with Crippen LogP contribution in [0.4, 0.5) is 4.39 Å². The van der Waals surface area contributed by atoms with Crippen LogP contribution in [0.2, 0.25) is 0 Å². The molecule has 1 aliphatic rings. The number of carbonyl (C=O) groups excluding carboxylic acids is 1. The van der Waals surface area contributed by atoms with Crippen molar-refractivity contribution < 1.29 is 18.7 Å². The molecule has 0 aliphatic carbocycles. The monoisotopic (exact) mass is 385 g/mol. The van der Waals surface area contributed by atoms with Gasteiger partial charge in [-0.2, -0.15) is 0 Å². The summed E-state index contributed by atoms with van der Waals surface area (Å²) < 4.78 is 24.1. The molecule has 1 fully saturated rings. The molecule has 4 nitrogen and oxygen atoms in total. The quantitative estimate of drug-likeness (QED) is 0.708. The lowest BCUT2D eigenvalue weighted by Gasteiger charge is -2.31. The molecule has 5 heteroatoms. The van der Waals surface area contributed by atoms with Crippen molar-refractivity contribution in [2.24, 2.45) is 0 Å². The number of hydrogen-bond donors (Lipinski definition) is 0. The molecule has 0 aromatic heterocycles. The standard InChI is InChI=1S/C23H28FNO3/c1-27-19-11-9-18(10-12-19)21-6-4-3-5-15-25(21)23(26)14-8-17-7-13-22(28-2)20(24)16-17/h7,9-13,16,21H,3-6,8,14-15H2,1-2H3. The first-order valence-corrected chi connectivity index (χ1v) is 9.88. The van der Waals surface area contributed by atoms with Crippen molar-refractivity contribution >= 4 is 5.91 Å². The number of rotatable bonds is 6. The summed E-state index contributed by atoms with van der Waals surface area (Å²) in [5, 5.41) is 0. The summed E-state index contributed by atoms with van der Waals surface area (Å²) in [6.45, 7) is 0.770. The van der Waals surface area contributed by atoms with E-state index in [9.17, 15) is 9.18 Å². The van der Waals surface area contributed by atoms with Crippen LogP contribution >= 0.6 is 0 Å². The van der Waals surface area contributed by atoms with Crippen LogP contribution in [0.5, 0.6) is 11.5 Å². The molecule has 1 aliphatic heterocycles. The van der Waals surface area contributed by atoms with Crippen molar-refractivity contribution in [2.75, 3.05) is 20.8 Å². The summed E-state index contributed by atoms with van der Waals surface area (Å²) in [7, 11) is 3.10. The lowest BCUT2D eigenvalue weighted by atomic mass is 10.00. The van der Waals surface area contributed by atoms with Gasteiger partial charge in [-0.05, 0) is 54.7 Å². The highest BCUT2D eigenvalue weighted by Gasteiger charge is 2.26. The van der Waals surface area contributed by atoms with E-state index in [2.05, 4.69) is 0 Å². The Morgan fingerprint density at radius 3 is 2.54 bits per heavy atom. The number of halogens is 1. The Bertz CT molecular complexity index is 791. The minimum absolute atomic E-state index is 0.0912. The van der Waals surface area contributed by atoms with Crippen LogP contribution < -0.4 is 9.47 Å². The predicted molar refractivity (Wildman–Crippen MR) is 107 cm³/mol. The van der Waals surface area contributed by atoms with E-state index < -0.39 is 5.82 Å². The Morgan fingerprint density at radius 1 is 1.07 bits per heavy atom. The Labute approximate surface area is 166 Å². The second-order valence-electron chi connectivity index (χ2n) is 7.19. The normalized spacial score (nSPS) is 17.1. The SMILES string of the molecule is COc1ccc(C2CCCCCN2C(=O)CCc2ccc(OC)c(F)c2)cc1. The van der Waals surface area contributed by atoms with Crippen LogP contribution in [0.25, 0.3) is 0 Å². The minimum atomic E-state index is -0.390. The third kappa shape index (κ3) is 4.83. The Balaban J connectivity index is 1.70. The molecule has 0 N–H and O–H groups in total. The van der Waals surface area contributed by atoms with Crippen molar-refractivity contribution in [1.29, 1.82) is 0 Å². The summed E-state index contributed by atoms with van der Waals surface area (Å²) in [5.74, 6) is 0.774. The van der Waals surface area contributed by atoms with Gasteiger partial charge < -0.3 is 14.4 Å². The third-order valence-corrected chi connectivity index (χ3v) is 5.42. The molecule has 1 amide bonds. The van der Waals surface area contributed by atoms with Gasteiger partial charge in [0.1, 0.15) is 5.75 Å².